The molecular formula is C18H29NO5. The van der Waals surface area contributed by atoms with E-state index in [1.165, 1.54) is 0 Å². The molecule has 0 saturated carbocycles. The van der Waals surface area contributed by atoms with E-state index in [0.717, 1.165) is 49.5 Å². The van der Waals surface area contributed by atoms with Crippen molar-refractivity contribution in [2.75, 3.05) is 47.1 Å². The molecule has 2 N–H and O–H groups in total. The zero-order valence-electron chi connectivity index (χ0n) is 14.6. The molecule has 24 heavy (non-hydrogen) atoms. The zero-order chi connectivity index (χ0) is 17.2. The summed E-state index contributed by atoms with van der Waals surface area (Å²) in [5.41, 5.74) is 1.16. The summed E-state index contributed by atoms with van der Waals surface area (Å²) < 4.78 is 21.5. The summed E-state index contributed by atoms with van der Waals surface area (Å²) in [6, 6.07) is 5.90. The van der Waals surface area contributed by atoms with Crippen LogP contribution in [-0.4, -0.2) is 64.4 Å². The minimum atomic E-state index is -0.503. The van der Waals surface area contributed by atoms with Gasteiger partial charge in [0.05, 0.1) is 39.6 Å². The van der Waals surface area contributed by atoms with Gasteiger partial charge in [-0.05, 0) is 43.5 Å². The maximum atomic E-state index is 9.91. The Morgan fingerprint density at radius 2 is 2.12 bits per heavy atom. The van der Waals surface area contributed by atoms with Gasteiger partial charge in [0.15, 0.2) is 11.5 Å². The van der Waals surface area contributed by atoms with Crippen LogP contribution in [-0.2, 0) is 15.9 Å². The third-order valence-electron chi connectivity index (χ3n) is 4.06. The number of hydrogen-bond acceptors (Lipinski definition) is 6. The van der Waals surface area contributed by atoms with Crippen LogP contribution >= 0.6 is 0 Å². The number of aliphatic hydroxyl groups is 1. The quantitative estimate of drug-likeness (QED) is 0.594. The normalized spacial score (nSPS) is 18.5. The summed E-state index contributed by atoms with van der Waals surface area (Å²) in [4.78, 5) is 0. The minimum absolute atomic E-state index is 0.204. The molecule has 1 aromatic rings. The number of nitrogens with one attached hydrogen (secondary N) is 1. The summed E-state index contributed by atoms with van der Waals surface area (Å²) in [7, 11) is 3.26. The van der Waals surface area contributed by atoms with Crippen molar-refractivity contribution in [3.8, 4) is 11.5 Å². The summed E-state index contributed by atoms with van der Waals surface area (Å²) in [5, 5.41) is 13.2. The number of aliphatic hydroxyl groups excluding tert-OH is 1. The Balaban J connectivity index is 1.58. The van der Waals surface area contributed by atoms with Gasteiger partial charge < -0.3 is 29.4 Å². The fourth-order valence-electron chi connectivity index (χ4n) is 2.71. The van der Waals surface area contributed by atoms with Crippen molar-refractivity contribution >= 4 is 0 Å². The number of ether oxygens (including phenoxy) is 4. The number of benzene rings is 1. The maximum Gasteiger partial charge on any atom is 0.160 e. The summed E-state index contributed by atoms with van der Waals surface area (Å²) in [6.07, 6.45) is 2.71. The fourth-order valence-corrected chi connectivity index (χ4v) is 2.71. The molecule has 2 rings (SSSR count). The van der Waals surface area contributed by atoms with Crippen LogP contribution in [0.1, 0.15) is 18.4 Å². The van der Waals surface area contributed by atoms with Gasteiger partial charge in [-0.3, -0.25) is 0 Å². The molecule has 1 fully saturated rings. The van der Waals surface area contributed by atoms with Crippen molar-refractivity contribution in [3.05, 3.63) is 23.8 Å². The third-order valence-corrected chi connectivity index (χ3v) is 4.06. The molecule has 0 unspecified atom stereocenters. The molecular weight excluding hydrogens is 310 g/mol. The standard InChI is InChI=1S/C18H29NO5/c1-21-17-6-5-14(10-18(17)22-2)7-8-19-11-15(20)12-23-13-16-4-3-9-24-16/h5-6,10,15-16,19-20H,3-4,7-9,11-13H2,1-2H3/t15-,16-/m1/s1. The molecule has 0 aromatic heterocycles. The molecule has 0 aliphatic carbocycles. The van der Waals surface area contributed by atoms with E-state index in [0.29, 0.717) is 19.8 Å². The number of hydrogen-bond donors (Lipinski definition) is 2. The average Bonchev–Trinajstić information content (AvgIpc) is 3.12. The van der Waals surface area contributed by atoms with E-state index in [2.05, 4.69) is 5.32 Å². The van der Waals surface area contributed by atoms with E-state index in [9.17, 15) is 5.11 Å². The molecule has 1 aromatic carbocycles. The zero-order valence-corrected chi connectivity index (χ0v) is 14.6. The molecule has 2 atom stereocenters. The lowest BCUT2D eigenvalue weighted by Gasteiger charge is -2.15. The predicted octanol–water partition coefficient (Wildman–Crippen LogP) is 1.39. The van der Waals surface area contributed by atoms with Crippen molar-refractivity contribution in [2.24, 2.45) is 0 Å². The first kappa shape index (κ1) is 19.0. The Bertz CT molecular complexity index is 476. The Morgan fingerprint density at radius 3 is 2.83 bits per heavy atom. The van der Waals surface area contributed by atoms with Gasteiger partial charge in [-0.2, -0.15) is 0 Å². The predicted molar refractivity (Wildman–Crippen MR) is 91.9 cm³/mol. The van der Waals surface area contributed by atoms with Crippen LogP contribution in [0, 0.1) is 0 Å². The number of rotatable bonds is 11. The highest BCUT2D eigenvalue weighted by atomic mass is 16.5. The highest BCUT2D eigenvalue weighted by Gasteiger charge is 2.16. The molecule has 0 radical (unpaired) electrons. The van der Waals surface area contributed by atoms with E-state index < -0.39 is 6.10 Å². The Morgan fingerprint density at radius 1 is 1.29 bits per heavy atom. The second-order valence-corrected chi connectivity index (χ2v) is 5.97. The van der Waals surface area contributed by atoms with E-state index in [-0.39, 0.29) is 6.10 Å². The summed E-state index contributed by atoms with van der Waals surface area (Å²) in [5.74, 6) is 1.46. The molecule has 136 valence electrons. The molecule has 6 heteroatoms. The van der Waals surface area contributed by atoms with Crippen molar-refractivity contribution in [2.45, 2.75) is 31.5 Å². The van der Waals surface area contributed by atoms with Gasteiger partial charge in [-0.25, -0.2) is 0 Å². The molecule has 1 saturated heterocycles. The van der Waals surface area contributed by atoms with Gasteiger partial charge in [-0.1, -0.05) is 6.07 Å². The topological polar surface area (TPSA) is 69.2 Å². The van der Waals surface area contributed by atoms with Crippen LogP contribution in [0.25, 0.3) is 0 Å². The molecule has 0 spiro atoms. The smallest absolute Gasteiger partial charge is 0.160 e. The minimum Gasteiger partial charge on any atom is -0.493 e. The van der Waals surface area contributed by atoms with E-state index >= 15 is 0 Å². The Hall–Kier alpha value is -1.34. The van der Waals surface area contributed by atoms with Crippen LogP contribution in [0.3, 0.4) is 0 Å². The van der Waals surface area contributed by atoms with Gasteiger partial charge in [-0.15, -0.1) is 0 Å². The molecule has 1 aliphatic rings. The van der Waals surface area contributed by atoms with Crippen LogP contribution in [0.4, 0.5) is 0 Å². The lowest BCUT2D eigenvalue weighted by molar-refractivity contribution is -0.0163. The first-order valence-corrected chi connectivity index (χ1v) is 8.52. The second kappa shape index (κ2) is 10.5. The first-order valence-electron chi connectivity index (χ1n) is 8.52. The molecule has 1 aliphatic heterocycles. The highest BCUT2D eigenvalue weighted by molar-refractivity contribution is 5.42. The van der Waals surface area contributed by atoms with E-state index in [1.54, 1.807) is 14.2 Å². The van der Waals surface area contributed by atoms with Gasteiger partial charge in [0.25, 0.3) is 0 Å². The fraction of sp³-hybridized carbons (Fsp3) is 0.667. The van der Waals surface area contributed by atoms with Crippen LogP contribution in [0.15, 0.2) is 18.2 Å². The second-order valence-electron chi connectivity index (χ2n) is 5.97. The molecule has 0 amide bonds. The van der Waals surface area contributed by atoms with Gasteiger partial charge in [0, 0.05) is 13.2 Å². The Kier molecular flexibility index (Phi) is 8.32. The van der Waals surface area contributed by atoms with Crippen LogP contribution in [0.5, 0.6) is 11.5 Å². The van der Waals surface area contributed by atoms with Crippen LogP contribution in [0.2, 0.25) is 0 Å². The third kappa shape index (κ3) is 6.28. The molecule has 1 heterocycles. The van der Waals surface area contributed by atoms with Gasteiger partial charge in [0.2, 0.25) is 0 Å². The lowest BCUT2D eigenvalue weighted by atomic mass is 10.1. The largest absolute Gasteiger partial charge is 0.493 e. The number of methoxy groups -OCH3 is 2. The van der Waals surface area contributed by atoms with Crippen molar-refractivity contribution in [3.63, 3.8) is 0 Å². The monoisotopic (exact) mass is 339 g/mol. The summed E-state index contributed by atoms with van der Waals surface area (Å²) in [6.45, 7) is 3.03. The van der Waals surface area contributed by atoms with Gasteiger partial charge >= 0.3 is 0 Å². The Labute approximate surface area is 144 Å². The first-order chi connectivity index (χ1) is 11.7. The van der Waals surface area contributed by atoms with E-state index in [1.807, 2.05) is 18.2 Å². The van der Waals surface area contributed by atoms with E-state index in [4.69, 9.17) is 18.9 Å². The van der Waals surface area contributed by atoms with Crippen molar-refractivity contribution in [1.29, 1.82) is 0 Å². The molecule has 0 bridgehead atoms. The van der Waals surface area contributed by atoms with Crippen LogP contribution < -0.4 is 14.8 Å². The SMILES string of the molecule is COc1ccc(CCNC[C@@H](O)COC[C@H]2CCCO2)cc1OC. The maximum absolute atomic E-state index is 9.91. The van der Waals surface area contributed by atoms with Crippen molar-refractivity contribution < 1.29 is 24.1 Å². The average molecular weight is 339 g/mol. The highest BCUT2D eigenvalue weighted by Crippen LogP contribution is 2.27. The summed E-state index contributed by atoms with van der Waals surface area (Å²) >= 11 is 0. The molecule has 6 nitrogen and oxygen atoms in total. The van der Waals surface area contributed by atoms with Gasteiger partial charge in [0.1, 0.15) is 0 Å². The van der Waals surface area contributed by atoms with Crippen molar-refractivity contribution in [1.82, 2.24) is 5.32 Å². The lowest BCUT2D eigenvalue weighted by Crippen LogP contribution is -2.32.